The van der Waals surface area contributed by atoms with E-state index >= 15 is 0 Å². The molecule has 1 saturated carbocycles. The Morgan fingerprint density at radius 3 is 2.87 bits per heavy atom. The summed E-state index contributed by atoms with van der Waals surface area (Å²) >= 11 is 0. The summed E-state index contributed by atoms with van der Waals surface area (Å²) in [6, 6.07) is 9.47. The zero-order valence-corrected chi connectivity index (χ0v) is 13.2. The van der Waals surface area contributed by atoms with Crippen LogP contribution in [0.15, 0.2) is 35.4 Å². The van der Waals surface area contributed by atoms with E-state index in [9.17, 15) is 4.79 Å². The number of amides is 1. The minimum absolute atomic E-state index is 0.0600. The first kappa shape index (κ1) is 17.1. The van der Waals surface area contributed by atoms with Gasteiger partial charge in [0, 0.05) is 24.6 Å². The molecule has 0 aliphatic heterocycles. The van der Waals surface area contributed by atoms with Crippen LogP contribution in [0.4, 0.5) is 4.79 Å². The number of rotatable bonds is 6. The summed E-state index contributed by atoms with van der Waals surface area (Å²) in [6.45, 7) is 0.584. The van der Waals surface area contributed by atoms with Gasteiger partial charge in [-0.15, -0.1) is 0 Å². The zero-order chi connectivity index (χ0) is 16.5. The largest absolute Gasteiger partial charge is 0.445 e. The normalized spacial score (nSPS) is 23.6. The molecule has 7 nitrogen and oxygen atoms in total. The minimum atomic E-state index is -0.444. The van der Waals surface area contributed by atoms with Gasteiger partial charge in [0.15, 0.2) is 0 Å². The maximum absolute atomic E-state index is 12.0. The van der Waals surface area contributed by atoms with Gasteiger partial charge in [-0.1, -0.05) is 35.4 Å². The molecule has 1 aromatic rings. The van der Waals surface area contributed by atoms with Crippen molar-refractivity contribution in [2.75, 3.05) is 13.7 Å². The van der Waals surface area contributed by atoms with Gasteiger partial charge in [0.1, 0.15) is 6.61 Å². The molecule has 0 unspecified atom stereocenters. The molecule has 1 N–H and O–H groups in total. The van der Waals surface area contributed by atoms with E-state index < -0.39 is 6.09 Å². The van der Waals surface area contributed by atoms with Gasteiger partial charge in [0.2, 0.25) is 0 Å². The fourth-order valence-electron chi connectivity index (χ4n) is 2.88. The van der Waals surface area contributed by atoms with Crippen molar-refractivity contribution in [2.45, 2.75) is 38.0 Å². The molecule has 7 heteroatoms. The Labute approximate surface area is 135 Å². The fraction of sp³-hybridized carbons (Fsp3) is 0.562. The van der Waals surface area contributed by atoms with Gasteiger partial charge in [0.25, 0.3) is 0 Å². The van der Waals surface area contributed by atoms with Crippen molar-refractivity contribution in [1.29, 1.82) is 0 Å². The lowest BCUT2D eigenvalue weighted by Gasteiger charge is -2.35. The third-order valence-corrected chi connectivity index (χ3v) is 4.16. The molecule has 1 fully saturated rings. The van der Waals surface area contributed by atoms with Crippen LogP contribution in [0, 0.1) is 5.92 Å². The summed E-state index contributed by atoms with van der Waals surface area (Å²) in [6.07, 6.45) is 2.12. The van der Waals surface area contributed by atoms with Crippen LogP contribution >= 0.6 is 0 Å². The van der Waals surface area contributed by atoms with E-state index in [1.807, 2.05) is 30.3 Å². The first-order valence-corrected chi connectivity index (χ1v) is 7.73. The van der Waals surface area contributed by atoms with Gasteiger partial charge < -0.3 is 14.8 Å². The Bertz CT molecular complexity index is 546. The second kappa shape index (κ2) is 9.02. The van der Waals surface area contributed by atoms with Crippen molar-refractivity contribution >= 4 is 6.09 Å². The predicted molar refractivity (Wildman–Crippen MR) is 85.7 cm³/mol. The number of alkyl carbamates (subject to hydrolysis) is 1. The second-order valence-electron chi connectivity index (χ2n) is 5.66. The van der Waals surface area contributed by atoms with Gasteiger partial charge in [-0.3, -0.25) is 0 Å². The second-order valence-corrected chi connectivity index (χ2v) is 5.66. The Balaban J connectivity index is 1.85. The average Bonchev–Trinajstić information content (AvgIpc) is 2.60. The number of ether oxygens (including phenoxy) is 2. The summed E-state index contributed by atoms with van der Waals surface area (Å²) < 4.78 is 10.6. The zero-order valence-electron chi connectivity index (χ0n) is 13.2. The molecule has 1 aliphatic carbocycles. The van der Waals surface area contributed by atoms with E-state index in [4.69, 9.17) is 15.0 Å². The molecule has 0 aromatic heterocycles. The molecule has 0 bridgehead atoms. The number of azide groups is 1. The Morgan fingerprint density at radius 1 is 1.39 bits per heavy atom. The number of carbonyl (C=O) groups is 1. The third kappa shape index (κ3) is 5.47. The van der Waals surface area contributed by atoms with Crippen molar-refractivity contribution in [1.82, 2.24) is 5.32 Å². The molecular weight excluding hydrogens is 296 g/mol. The van der Waals surface area contributed by atoms with Crippen molar-refractivity contribution < 1.29 is 14.3 Å². The van der Waals surface area contributed by atoms with E-state index in [2.05, 4.69) is 15.3 Å². The van der Waals surface area contributed by atoms with Crippen LogP contribution in [0.1, 0.15) is 24.8 Å². The van der Waals surface area contributed by atoms with Crippen LogP contribution in [0.3, 0.4) is 0 Å². The summed E-state index contributed by atoms with van der Waals surface area (Å²) in [5.74, 6) is 0.0638. The number of carbonyl (C=O) groups excluding carboxylic acids is 1. The quantitative estimate of drug-likeness (QED) is 0.494. The lowest BCUT2D eigenvalue weighted by Crippen LogP contribution is -2.46. The smallest absolute Gasteiger partial charge is 0.407 e. The van der Waals surface area contributed by atoms with Gasteiger partial charge >= 0.3 is 6.09 Å². The molecule has 0 spiro atoms. The highest BCUT2D eigenvalue weighted by Crippen LogP contribution is 2.27. The summed E-state index contributed by atoms with van der Waals surface area (Å²) in [5, 5.41) is 6.54. The molecule has 23 heavy (non-hydrogen) atoms. The van der Waals surface area contributed by atoms with Crippen molar-refractivity contribution in [3.63, 3.8) is 0 Å². The lowest BCUT2D eigenvalue weighted by molar-refractivity contribution is 0.0380. The maximum Gasteiger partial charge on any atom is 0.407 e. The SMILES string of the molecule is CO[C@@H]1CC[C@H](NC(=O)OCc2ccccc2)[C@H](CN=[N+]=[N-])C1. The van der Waals surface area contributed by atoms with Crippen LogP contribution in [-0.4, -0.2) is 31.9 Å². The van der Waals surface area contributed by atoms with Crippen LogP contribution in [0.25, 0.3) is 10.4 Å². The van der Waals surface area contributed by atoms with E-state index in [1.165, 1.54) is 0 Å². The van der Waals surface area contributed by atoms with Crippen LogP contribution < -0.4 is 5.32 Å². The highest BCUT2D eigenvalue weighted by Gasteiger charge is 2.31. The van der Waals surface area contributed by atoms with Gasteiger partial charge in [-0.05, 0) is 36.3 Å². The van der Waals surface area contributed by atoms with Gasteiger partial charge in [-0.2, -0.15) is 0 Å². The van der Waals surface area contributed by atoms with E-state index in [0.29, 0.717) is 6.54 Å². The molecule has 124 valence electrons. The van der Waals surface area contributed by atoms with E-state index in [1.54, 1.807) is 7.11 Å². The Kier molecular flexibility index (Phi) is 6.72. The van der Waals surface area contributed by atoms with Crippen LogP contribution in [0.5, 0.6) is 0 Å². The van der Waals surface area contributed by atoms with E-state index in [-0.39, 0.29) is 24.7 Å². The lowest BCUT2D eigenvalue weighted by atomic mass is 9.83. The van der Waals surface area contributed by atoms with Crippen LogP contribution in [0.2, 0.25) is 0 Å². The number of benzene rings is 1. The van der Waals surface area contributed by atoms with Crippen molar-refractivity contribution in [3.8, 4) is 0 Å². The number of hydrogen-bond acceptors (Lipinski definition) is 4. The highest BCUT2D eigenvalue weighted by atomic mass is 16.5. The molecule has 3 atom stereocenters. The Hall–Kier alpha value is -2.24. The number of nitrogens with one attached hydrogen (secondary N) is 1. The summed E-state index contributed by atoms with van der Waals surface area (Å²) in [4.78, 5) is 14.8. The topological polar surface area (TPSA) is 96.3 Å². The Morgan fingerprint density at radius 2 is 2.17 bits per heavy atom. The summed E-state index contributed by atoms with van der Waals surface area (Å²) in [5.41, 5.74) is 9.45. The number of hydrogen-bond donors (Lipinski definition) is 1. The molecule has 0 saturated heterocycles. The number of nitrogens with zero attached hydrogens (tertiary/aromatic N) is 3. The standard InChI is InChI=1S/C16H22N4O3/c1-22-14-7-8-15(13(9-14)10-18-20-17)19-16(21)23-11-12-5-3-2-4-6-12/h2-6,13-15H,7-11H2,1H3,(H,19,21)/t13-,14+,15-/m0/s1. The van der Waals surface area contributed by atoms with Crippen molar-refractivity contribution in [2.24, 2.45) is 11.0 Å². The summed E-state index contributed by atoms with van der Waals surface area (Å²) in [7, 11) is 1.68. The third-order valence-electron chi connectivity index (χ3n) is 4.16. The molecule has 1 amide bonds. The molecular formula is C16H22N4O3. The first-order valence-electron chi connectivity index (χ1n) is 7.73. The molecule has 1 aromatic carbocycles. The maximum atomic E-state index is 12.0. The highest BCUT2D eigenvalue weighted by molar-refractivity contribution is 5.67. The van der Waals surface area contributed by atoms with Gasteiger partial charge in [0.05, 0.1) is 6.10 Å². The molecule has 1 aliphatic rings. The first-order chi connectivity index (χ1) is 11.2. The predicted octanol–water partition coefficient (Wildman–Crippen LogP) is 3.41. The van der Waals surface area contributed by atoms with Gasteiger partial charge in [-0.25, -0.2) is 4.79 Å². The van der Waals surface area contributed by atoms with Crippen LogP contribution in [-0.2, 0) is 16.1 Å². The fourth-order valence-corrected chi connectivity index (χ4v) is 2.88. The average molecular weight is 318 g/mol. The number of methoxy groups -OCH3 is 1. The van der Waals surface area contributed by atoms with Crippen molar-refractivity contribution in [3.05, 3.63) is 46.3 Å². The molecule has 2 rings (SSSR count). The minimum Gasteiger partial charge on any atom is -0.445 e. The van der Waals surface area contributed by atoms with E-state index in [0.717, 1.165) is 24.8 Å². The molecule has 0 heterocycles. The monoisotopic (exact) mass is 318 g/mol. The molecule has 0 radical (unpaired) electrons.